The van der Waals surface area contributed by atoms with E-state index in [4.69, 9.17) is 14.2 Å². The Kier molecular flexibility index (Phi) is 7.62. The number of amides is 2. The molecule has 1 aliphatic heterocycles. The van der Waals surface area contributed by atoms with Gasteiger partial charge in [0.2, 0.25) is 11.7 Å². The lowest BCUT2D eigenvalue weighted by atomic mass is 9.96. The smallest absolute Gasteiger partial charge is 0.253 e. The SMILES string of the molecule is COc1cc(CNC(=O)C2CCCN(C(=O)c3cc(C)cc(C)c3)C2)cc(OC)c1OC. The van der Waals surface area contributed by atoms with Crippen molar-refractivity contribution in [2.24, 2.45) is 5.92 Å². The minimum Gasteiger partial charge on any atom is -0.493 e. The van der Waals surface area contributed by atoms with Gasteiger partial charge in [0.15, 0.2) is 11.5 Å². The van der Waals surface area contributed by atoms with E-state index in [9.17, 15) is 9.59 Å². The molecule has 0 aromatic heterocycles. The Balaban J connectivity index is 1.65. The average molecular weight is 441 g/mol. The summed E-state index contributed by atoms with van der Waals surface area (Å²) in [4.78, 5) is 27.7. The Labute approximate surface area is 189 Å². The van der Waals surface area contributed by atoms with Gasteiger partial charge in [-0.3, -0.25) is 9.59 Å². The third-order valence-electron chi connectivity index (χ3n) is 5.74. The lowest BCUT2D eigenvalue weighted by Gasteiger charge is -2.32. The van der Waals surface area contributed by atoms with E-state index < -0.39 is 0 Å². The summed E-state index contributed by atoms with van der Waals surface area (Å²) in [5, 5.41) is 3.00. The van der Waals surface area contributed by atoms with Crippen LogP contribution in [0.3, 0.4) is 0 Å². The van der Waals surface area contributed by atoms with Crippen molar-refractivity contribution in [3.05, 3.63) is 52.6 Å². The second-order valence-electron chi connectivity index (χ2n) is 8.22. The molecule has 0 spiro atoms. The van der Waals surface area contributed by atoms with Crippen LogP contribution in [0.4, 0.5) is 0 Å². The monoisotopic (exact) mass is 440 g/mol. The summed E-state index contributed by atoms with van der Waals surface area (Å²) in [6.45, 7) is 5.39. The van der Waals surface area contributed by atoms with Crippen LogP contribution in [-0.2, 0) is 11.3 Å². The van der Waals surface area contributed by atoms with Crippen LogP contribution >= 0.6 is 0 Å². The highest BCUT2D eigenvalue weighted by Gasteiger charge is 2.29. The number of benzene rings is 2. The number of hydrogen-bond donors (Lipinski definition) is 1. The molecule has 2 aromatic rings. The number of carbonyl (C=O) groups is 2. The third kappa shape index (κ3) is 5.33. The molecule has 1 unspecified atom stereocenters. The molecule has 1 N–H and O–H groups in total. The van der Waals surface area contributed by atoms with Gasteiger partial charge in [0.25, 0.3) is 5.91 Å². The highest BCUT2D eigenvalue weighted by molar-refractivity contribution is 5.95. The Hall–Kier alpha value is -3.22. The van der Waals surface area contributed by atoms with Gasteiger partial charge in [0.05, 0.1) is 27.2 Å². The van der Waals surface area contributed by atoms with E-state index in [0.29, 0.717) is 42.4 Å². The number of hydrogen-bond acceptors (Lipinski definition) is 5. The predicted octanol–water partition coefficient (Wildman–Crippen LogP) is 3.50. The first-order chi connectivity index (χ1) is 15.4. The molecule has 1 aliphatic rings. The predicted molar refractivity (Wildman–Crippen MR) is 122 cm³/mol. The zero-order valence-electron chi connectivity index (χ0n) is 19.5. The molecule has 1 fully saturated rings. The second kappa shape index (κ2) is 10.4. The molecule has 1 heterocycles. The van der Waals surface area contributed by atoms with Crippen LogP contribution in [0.1, 0.15) is 39.9 Å². The average Bonchev–Trinajstić information content (AvgIpc) is 2.80. The van der Waals surface area contributed by atoms with Crippen molar-refractivity contribution in [2.45, 2.75) is 33.2 Å². The van der Waals surface area contributed by atoms with Gasteiger partial charge >= 0.3 is 0 Å². The highest BCUT2D eigenvalue weighted by Crippen LogP contribution is 2.38. The molecule has 7 nitrogen and oxygen atoms in total. The second-order valence-corrected chi connectivity index (χ2v) is 8.22. The normalized spacial score (nSPS) is 15.8. The van der Waals surface area contributed by atoms with Crippen LogP contribution < -0.4 is 19.5 Å². The summed E-state index contributed by atoms with van der Waals surface area (Å²) < 4.78 is 16.1. The Bertz CT molecular complexity index is 943. The first kappa shape index (κ1) is 23.4. The topological polar surface area (TPSA) is 77.1 Å². The molecule has 32 heavy (non-hydrogen) atoms. The maximum atomic E-state index is 13.0. The number of methoxy groups -OCH3 is 3. The highest BCUT2D eigenvalue weighted by atomic mass is 16.5. The van der Waals surface area contributed by atoms with Crippen molar-refractivity contribution in [3.8, 4) is 17.2 Å². The summed E-state index contributed by atoms with van der Waals surface area (Å²) >= 11 is 0. The van der Waals surface area contributed by atoms with E-state index in [1.807, 2.05) is 44.2 Å². The van der Waals surface area contributed by atoms with Crippen LogP contribution in [-0.4, -0.2) is 51.1 Å². The first-order valence-corrected chi connectivity index (χ1v) is 10.8. The molecule has 0 radical (unpaired) electrons. The minimum absolute atomic E-state index is 0.0149. The van der Waals surface area contributed by atoms with Gasteiger partial charge in [-0.25, -0.2) is 0 Å². The largest absolute Gasteiger partial charge is 0.493 e. The van der Waals surface area contributed by atoms with E-state index in [0.717, 1.165) is 29.5 Å². The van der Waals surface area contributed by atoms with E-state index in [2.05, 4.69) is 5.32 Å². The van der Waals surface area contributed by atoms with Crippen molar-refractivity contribution in [1.29, 1.82) is 0 Å². The molecule has 0 bridgehead atoms. The van der Waals surface area contributed by atoms with Crippen molar-refractivity contribution in [2.75, 3.05) is 34.4 Å². The first-order valence-electron chi connectivity index (χ1n) is 10.8. The molecular weight excluding hydrogens is 408 g/mol. The van der Waals surface area contributed by atoms with Crippen molar-refractivity contribution >= 4 is 11.8 Å². The summed E-state index contributed by atoms with van der Waals surface area (Å²) in [6, 6.07) is 9.50. The number of nitrogens with zero attached hydrogens (tertiary/aromatic N) is 1. The fraction of sp³-hybridized carbons (Fsp3) is 0.440. The van der Waals surface area contributed by atoms with E-state index in [1.54, 1.807) is 26.2 Å². The number of piperidine rings is 1. The molecule has 7 heteroatoms. The number of rotatable bonds is 7. The van der Waals surface area contributed by atoms with Gasteiger partial charge in [0.1, 0.15) is 0 Å². The molecule has 1 atom stereocenters. The summed E-state index contributed by atoms with van der Waals surface area (Å²) in [7, 11) is 4.67. The van der Waals surface area contributed by atoms with Gasteiger partial charge in [-0.1, -0.05) is 17.2 Å². The zero-order valence-corrected chi connectivity index (χ0v) is 19.5. The summed E-state index contributed by atoms with van der Waals surface area (Å²) in [5.74, 6) is 1.28. The lowest BCUT2D eigenvalue weighted by molar-refractivity contribution is -0.126. The zero-order chi connectivity index (χ0) is 23.3. The number of ether oxygens (including phenoxy) is 3. The quantitative estimate of drug-likeness (QED) is 0.713. The lowest BCUT2D eigenvalue weighted by Crippen LogP contribution is -2.45. The number of aryl methyl sites for hydroxylation is 2. The molecule has 0 aliphatic carbocycles. The van der Waals surface area contributed by atoms with Crippen LogP contribution in [0.15, 0.2) is 30.3 Å². The van der Waals surface area contributed by atoms with E-state index in [1.165, 1.54) is 0 Å². The van der Waals surface area contributed by atoms with Crippen LogP contribution in [0.5, 0.6) is 17.2 Å². The van der Waals surface area contributed by atoms with Crippen molar-refractivity contribution < 1.29 is 23.8 Å². The maximum Gasteiger partial charge on any atom is 0.253 e. The Morgan fingerprint density at radius 1 is 0.969 bits per heavy atom. The molecule has 0 saturated carbocycles. The molecule has 172 valence electrons. The van der Waals surface area contributed by atoms with Gasteiger partial charge in [-0.05, 0) is 56.5 Å². The fourth-order valence-corrected chi connectivity index (χ4v) is 4.23. The van der Waals surface area contributed by atoms with Crippen LogP contribution in [0.2, 0.25) is 0 Å². The maximum absolute atomic E-state index is 13.0. The van der Waals surface area contributed by atoms with E-state index in [-0.39, 0.29) is 17.7 Å². The van der Waals surface area contributed by atoms with Gasteiger partial charge in [-0.2, -0.15) is 0 Å². The van der Waals surface area contributed by atoms with Gasteiger partial charge in [-0.15, -0.1) is 0 Å². The van der Waals surface area contributed by atoms with Gasteiger partial charge < -0.3 is 24.4 Å². The van der Waals surface area contributed by atoms with Crippen LogP contribution in [0.25, 0.3) is 0 Å². The standard InChI is InChI=1S/C25H32N2O5/c1-16-9-17(2)11-20(10-16)25(29)27-8-6-7-19(15-27)24(28)26-14-18-12-21(30-3)23(32-5)22(13-18)31-4/h9-13,19H,6-8,14-15H2,1-5H3,(H,26,28). The fourth-order valence-electron chi connectivity index (χ4n) is 4.23. The number of likely N-dealkylation sites (tertiary alicyclic amines) is 1. The molecule has 1 saturated heterocycles. The minimum atomic E-state index is -0.236. The van der Waals surface area contributed by atoms with Gasteiger partial charge in [0, 0.05) is 25.2 Å². The molecule has 2 amide bonds. The summed E-state index contributed by atoms with van der Waals surface area (Å²) in [6.07, 6.45) is 1.57. The third-order valence-corrected chi connectivity index (χ3v) is 5.74. The van der Waals surface area contributed by atoms with E-state index >= 15 is 0 Å². The Morgan fingerprint density at radius 3 is 2.16 bits per heavy atom. The number of nitrogens with one attached hydrogen (secondary N) is 1. The molecule has 2 aromatic carbocycles. The Morgan fingerprint density at radius 2 is 1.59 bits per heavy atom. The molecule has 3 rings (SSSR count). The summed E-state index contributed by atoms with van der Waals surface area (Å²) in [5.41, 5.74) is 3.64. The van der Waals surface area contributed by atoms with Crippen molar-refractivity contribution in [3.63, 3.8) is 0 Å². The van der Waals surface area contributed by atoms with Crippen LogP contribution in [0, 0.1) is 19.8 Å². The van der Waals surface area contributed by atoms with Crippen molar-refractivity contribution in [1.82, 2.24) is 10.2 Å². The number of carbonyl (C=O) groups excluding carboxylic acids is 2. The molecular formula is C25H32N2O5.